The summed E-state index contributed by atoms with van der Waals surface area (Å²) < 4.78 is 1.11. The number of aromatic hydroxyl groups is 1. The van der Waals surface area contributed by atoms with Gasteiger partial charge in [-0.05, 0) is 66.5 Å². The number of aromatic amines is 1. The van der Waals surface area contributed by atoms with E-state index in [1.54, 1.807) is 0 Å². The molecule has 0 spiro atoms. The maximum atomic E-state index is 10.7. The summed E-state index contributed by atoms with van der Waals surface area (Å²) in [5.41, 5.74) is 5.41. The number of fused-ring (bicyclic) bond motifs is 1. The molecule has 4 rings (SSSR count). The van der Waals surface area contributed by atoms with Crippen LogP contribution in [0.5, 0.6) is 5.88 Å². The monoisotopic (exact) mass is 495 g/mol. The molecule has 0 fully saturated rings. The molecule has 29 heavy (non-hydrogen) atoms. The van der Waals surface area contributed by atoms with Gasteiger partial charge in [0.2, 0.25) is 0 Å². The van der Waals surface area contributed by atoms with Crippen LogP contribution in [0.3, 0.4) is 0 Å². The van der Waals surface area contributed by atoms with Crippen LogP contribution < -0.4 is 0 Å². The largest absolute Gasteiger partial charge is 0.494 e. The molecular formula is C24H22IN3O. The Labute approximate surface area is 184 Å². The second-order valence-corrected chi connectivity index (χ2v) is 8.51. The normalized spacial score (nSPS) is 12.1. The van der Waals surface area contributed by atoms with Crippen LogP contribution in [0, 0.1) is 3.57 Å². The predicted molar refractivity (Wildman–Crippen MR) is 128 cm³/mol. The van der Waals surface area contributed by atoms with Gasteiger partial charge in [0.15, 0.2) is 5.88 Å². The smallest absolute Gasteiger partial charge is 0.199 e. The number of nitrogens with zero attached hydrogens (tertiary/aromatic N) is 2. The molecule has 0 bridgehead atoms. The number of aromatic nitrogens is 1. The zero-order valence-electron chi connectivity index (χ0n) is 16.4. The number of rotatable bonds is 5. The van der Waals surface area contributed by atoms with Crippen molar-refractivity contribution in [1.29, 1.82) is 0 Å². The summed E-state index contributed by atoms with van der Waals surface area (Å²) in [6.45, 7) is 0.886. The Bertz CT molecular complexity index is 1160. The highest BCUT2D eigenvalue weighted by Crippen LogP contribution is 2.32. The Kier molecular flexibility index (Phi) is 5.69. The van der Waals surface area contributed by atoms with Crippen molar-refractivity contribution < 1.29 is 5.11 Å². The molecule has 0 aliphatic heterocycles. The SMILES string of the molecule is CN(C)Cc1ccc(N=C(c2ccccc2)c2c(O)[nH]c3cc(I)ccc23)cc1. The first-order chi connectivity index (χ1) is 14.0. The Morgan fingerprint density at radius 1 is 1.00 bits per heavy atom. The summed E-state index contributed by atoms with van der Waals surface area (Å²) in [7, 11) is 4.11. The van der Waals surface area contributed by atoms with Crippen LogP contribution in [0.1, 0.15) is 16.7 Å². The highest BCUT2D eigenvalue weighted by atomic mass is 127. The second kappa shape index (κ2) is 8.39. The number of nitrogens with one attached hydrogen (secondary N) is 1. The van der Waals surface area contributed by atoms with Crippen molar-refractivity contribution in [2.75, 3.05) is 14.1 Å². The Hall–Kier alpha value is -2.64. The molecule has 3 aromatic carbocycles. The van der Waals surface area contributed by atoms with Gasteiger partial charge >= 0.3 is 0 Å². The maximum absolute atomic E-state index is 10.7. The van der Waals surface area contributed by atoms with Gasteiger partial charge in [-0.1, -0.05) is 48.5 Å². The minimum Gasteiger partial charge on any atom is -0.494 e. The van der Waals surface area contributed by atoms with Gasteiger partial charge in [0.05, 0.1) is 22.5 Å². The lowest BCUT2D eigenvalue weighted by Gasteiger charge is -2.10. The molecular weight excluding hydrogens is 473 g/mol. The zero-order chi connectivity index (χ0) is 20.4. The Morgan fingerprint density at radius 2 is 1.72 bits per heavy atom. The molecule has 4 nitrogen and oxygen atoms in total. The second-order valence-electron chi connectivity index (χ2n) is 7.27. The fourth-order valence-electron chi connectivity index (χ4n) is 3.43. The van der Waals surface area contributed by atoms with Gasteiger partial charge in [-0.3, -0.25) is 0 Å². The van der Waals surface area contributed by atoms with E-state index in [0.29, 0.717) is 0 Å². The molecule has 0 amide bonds. The van der Waals surface area contributed by atoms with E-state index in [1.807, 2.05) is 60.7 Å². The molecule has 1 aromatic heterocycles. The predicted octanol–water partition coefficient (Wildman–Crippen LogP) is 5.71. The third kappa shape index (κ3) is 4.36. The van der Waals surface area contributed by atoms with Gasteiger partial charge in [-0.2, -0.15) is 0 Å². The quantitative estimate of drug-likeness (QED) is 0.275. The first-order valence-corrected chi connectivity index (χ1v) is 10.5. The van der Waals surface area contributed by atoms with Crippen LogP contribution in [0.15, 0.2) is 77.8 Å². The van der Waals surface area contributed by atoms with Gasteiger partial charge in [0.1, 0.15) is 0 Å². The van der Waals surface area contributed by atoms with Crippen LogP contribution in [-0.2, 0) is 6.54 Å². The van der Waals surface area contributed by atoms with E-state index < -0.39 is 0 Å². The summed E-state index contributed by atoms with van der Waals surface area (Å²) in [6.07, 6.45) is 0. The molecule has 1 heterocycles. The van der Waals surface area contributed by atoms with Crippen LogP contribution in [0.2, 0.25) is 0 Å². The van der Waals surface area contributed by atoms with Crippen LogP contribution in [0.4, 0.5) is 5.69 Å². The van der Waals surface area contributed by atoms with E-state index in [9.17, 15) is 5.11 Å². The minimum atomic E-state index is 0.133. The molecule has 0 aliphatic carbocycles. The summed E-state index contributed by atoms with van der Waals surface area (Å²) >= 11 is 2.27. The summed E-state index contributed by atoms with van der Waals surface area (Å²) in [6, 6.07) is 24.3. The topological polar surface area (TPSA) is 51.6 Å². The highest BCUT2D eigenvalue weighted by molar-refractivity contribution is 14.1. The average molecular weight is 495 g/mol. The molecule has 2 N–H and O–H groups in total. The van der Waals surface area contributed by atoms with Crippen molar-refractivity contribution >= 4 is 44.9 Å². The number of halogens is 1. The molecule has 146 valence electrons. The van der Waals surface area contributed by atoms with Crippen molar-refractivity contribution in [3.05, 3.63) is 93.1 Å². The molecule has 0 radical (unpaired) electrons. The maximum Gasteiger partial charge on any atom is 0.199 e. The highest BCUT2D eigenvalue weighted by Gasteiger charge is 2.18. The fourth-order valence-corrected chi connectivity index (χ4v) is 3.92. The van der Waals surface area contributed by atoms with E-state index in [1.165, 1.54) is 5.56 Å². The molecule has 4 aromatic rings. The molecule has 0 saturated heterocycles. The van der Waals surface area contributed by atoms with Crippen LogP contribution in [-0.4, -0.2) is 34.8 Å². The van der Waals surface area contributed by atoms with Gasteiger partial charge in [0, 0.05) is 21.1 Å². The fraction of sp³-hybridized carbons (Fsp3) is 0.125. The van der Waals surface area contributed by atoms with Gasteiger partial charge < -0.3 is 15.0 Å². The van der Waals surface area contributed by atoms with Gasteiger partial charge in [-0.25, -0.2) is 4.99 Å². The van der Waals surface area contributed by atoms with E-state index in [4.69, 9.17) is 4.99 Å². The van der Waals surface area contributed by atoms with Crippen molar-refractivity contribution in [2.24, 2.45) is 4.99 Å². The van der Waals surface area contributed by atoms with Crippen molar-refractivity contribution in [2.45, 2.75) is 6.54 Å². The number of H-pyrrole nitrogens is 1. The standard InChI is InChI=1S/C24H22IN3O/c1-28(2)15-16-8-11-19(12-9-16)26-23(17-6-4-3-5-7-17)22-20-13-10-18(25)14-21(20)27-24(22)29/h3-14,27,29H,15H2,1-2H3. The van der Waals surface area contributed by atoms with Crippen molar-refractivity contribution in [3.63, 3.8) is 0 Å². The molecule has 0 atom stereocenters. The third-order valence-corrected chi connectivity index (χ3v) is 5.37. The molecule has 5 heteroatoms. The number of benzene rings is 3. The number of hydrogen-bond acceptors (Lipinski definition) is 3. The average Bonchev–Trinajstić information content (AvgIpc) is 3.02. The Morgan fingerprint density at radius 3 is 2.41 bits per heavy atom. The minimum absolute atomic E-state index is 0.133. The first-order valence-electron chi connectivity index (χ1n) is 9.39. The lowest BCUT2D eigenvalue weighted by Crippen LogP contribution is -2.10. The lowest BCUT2D eigenvalue weighted by molar-refractivity contribution is 0.402. The van der Waals surface area contributed by atoms with Gasteiger partial charge in [0.25, 0.3) is 0 Å². The third-order valence-electron chi connectivity index (χ3n) is 4.70. The summed E-state index contributed by atoms with van der Waals surface area (Å²) in [4.78, 5) is 10.2. The van der Waals surface area contributed by atoms with Gasteiger partial charge in [-0.15, -0.1) is 0 Å². The number of aliphatic imine (C=N–C) groups is 1. The summed E-state index contributed by atoms with van der Waals surface area (Å²) in [5, 5.41) is 11.7. The van der Waals surface area contributed by atoms with Crippen LogP contribution in [0.25, 0.3) is 10.9 Å². The Balaban J connectivity index is 1.86. The zero-order valence-corrected chi connectivity index (χ0v) is 18.5. The lowest BCUT2D eigenvalue weighted by atomic mass is 10.0. The molecule has 0 unspecified atom stereocenters. The van der Waals surface area contributed by atoms with E-state index in [0.717, 1.165) is 43.5 Å². The molecule has 0 aliphatic rings. The number of hydrogen-bond donors (Lipinski definition) is 2. The van der Waals surface area contributed by atoms with E-state index in [-0.39, 0.29) is 5.88 Å². The van der Waals surface area contributed by atoms with E-state index >= 15 is 0 Å². The molecule has 0 saturated carbocycles. The van der Waals surface area contributed by atoms with Crippen LogP contribution >= 0.6 is 22.6 Å². The van der Waals surface area contributed by atoms with E-state index in [2.05, 4.69) is 58.7 Å². The van der Waals surface area contributed by atoms with Crippen molar-refractivity contribution in [1.82, 2.24) is 9.88 Å². The first kappa shape index (κ1) is 19.7. The van der Waals surface area contributed by atoms with Crippen molar-refractivity contribution in [3.8, 4) is 5.88 Å². The summed E-state index contributed by atoms with van der Waals surface area (Å²) in [5.74, 6) is 0.133.